The highest BCUT2D eigenvalue weighted by Gasteiger charge is 2.24. The maximum absolute atomic E-state index is 5.85. The maximum Gasteiger partial charge on any atom is 0.191 e. The van der Waals surface area contributed by atoms with Crippen molar-refractivity contribution in [2.75, 3.05) is 32.7 Å². The molecule has 0 aliphatic carbocycles. The monoisotopic (exact) mass is 403 g/mol. The summed E-state index contributed by atoms with van der Waals surface area (Å²) in [5.41, 5.74) is 1.15. The number of aromatic nitrogens is 1. The third-order valence-electron chi connectivity index (χ3n) is 4.96. The Hall–Kier alpha value is -2.05. The molecule has 2 aromatic heterocycles. The third kappa shape index (κ3) is 6.24. The molecule has 0 radical (unpaired) electrons. The lowest BCUT2D eigenvalue weighted by molar-refractivity contribution is 0.150. The van der Waals surface area contributed by atoms with E-state index in [2.05, 4.69) is 33.5 Å². The molecule has 3 heterocycles. The van der Waals surface area contributed by atoms with Crippen LogP contribution in [0.3, 0.4) is 0 Å². The number of guanidine groups is 1. The summed E-state index contributed by atoms with van der Waals surface area (Å²) in [5.74, 6) is 1.83. The number of pyridine rings is 1. The fraction of sp³-hybridized carbons (Fsp3) is 0.524. The van der Waals surface area contributed by atoms with Crippen LogP contribution < -0.4 is 10.6 Å². The van der Waals surface area contributed by atoms with E-state index in [9.17, 15) is 0 Å². The van der Waals surface area contributed by atoms with E-state index >= 15 is 0 Å². The highest BCUT2D eigenvalue weighted by molar-refractivity contribution is 6.29. The van der Waals surface area contributed by atoms with Gasteiger partial charge in [-0.3, -0.25) is 9.89 Å². The molecule has 28 heavy (non-hydrogen) atoms. The van der Waals surface area contributed by atoms with Gasteiger partial charge < -0.3 is 15.1 Å². The molecular weight excluding hydrogens is 374 g/mol. The second kappa shape index (κ2) is 11.1. The van der Waals surface area contributed by atoms with Crippen LogP contribution in [0.1, 0.15) is 43.6 Å². The number of nitrogens with zero attached hydrogens (tertiary/aromatic N) is 3. The van der Waals surface area contributed by atoms with Gasteiger partial charge in [0.15, 0.2) is 5.96 Å². The lowest BCUT2D eigenvalue weighted by Crippen LogP contribution is -2.40. The van der Waals surface area contributed by atoms with Gasteiger partial charge in [-0.1, -0.05) is 24.1 Å². The van der Waals surface area contributed by atoms with Crippen LogP contribution in [0.4, 0.5) is 0 Å². The summed E-state index contributed by atoms with van der Waals surface area (Å²) in [6.45, 7) is 6.57. The molecule has 6 nitrogen and oxygen atoms in total. The maximum atomic E-state index is 5.85. The number of likely N-dealkylation sites (tertiary alicyclic amines) is 1. The van der Waals surface area contributed by atoms with E-state index in [0.717, 1.165) is 49.9 Å². The largest absolute Gasteiger partial charge is 0.468 e. The minimum atomic E-state index is 0.186. The van der Waals surface area contributed by atoms with Crippen molar-refractivity contribution in [3.63, 3.8) is 0 Å². The van der Waals surface area contributed by atoms with Crippen LogP contribution >= 0.6 is 11.6 Å². The van der Waals surface area contributed by atoms with Crippen LogP contribution in [0.2, 0.25) is 5.15 Å². The molecule has 0 saturated carbocycles. The lowest BCUT2D eigenvalue weighted by Gasteiger charge is -2.32. The highest BCUT2D eigenvalue weighted by Crippen LogP contribution is 2.25. The fourth-order valence-electron chi connectivity index (χ4n) is 3.50. The first-order valence-electron chi connectivity index (χ1n) is 10.2. The summed E-state index contributed by atoms with van der Waals surface area (Å²) in [7, 11) is 0. The van der Waals surface area contributed by atoms with Crippen molar-refractivity contribution in [3.8, 4) is 0 Å². The Morgan fingerprint density at radius 2 is 2.11 bits per heavy atom. The van der Waals surface area contributed by atoms with Crippen molar-refractivity contribution in [3.05, 3.63) is 53.2 Å². The predicted molar refractivity (Wildman–Crippen MR) is 114 cm³/mol. The van der Waals surface area contributed by atoms with Crippen LogP contribution in [0.15, 0.2) is 46.1 Å². The van der Waals surface area contributed by atoms with Crippen molar-refractivity contribution in [2.24, 2.45) is 4.99 Å². The number of nitrogens with one attached hydrogen (secondary N) is 2. The van der Waals surface area contributed by atoms with Gasteiger partial charge in [0.2, 0.25) is 0 Å². The summed E-state index contributed by atoms with van der Waals surface area (Å²) < 4.78 is 5.72. The Balaban J connectivity index is 1.59. The fourth-order valence-corrected chi connectivity index (χ4v) is 3.61. The zero-order valence-electron chi connectivity index (χ0n) is 16.5. The van der Waals surface area contributed by atoms with Crippen molar-refractivity contribution >= 4 is 17.6 Å². The third-order valence-corrected chi connectivity index (χ3v) is 5.19. The van der Waals surface area contributed by atoms with Crippen LogP contribution in [0.25, 0.3) is 0 Å². The number of rotatable bonds is 8. The number of hydrogen-bond donors (Lipinski definition) is 2. The lowest BCUT2D eigenvalue weighted by atomic mass is 10.1. The summed E-state index contributed by atoms with van der Waals surface area (Å²) in [6, 6.07) is 8.03. The van der Waals surface area contributed by atoms with Crippen LogP contribution in [0.5, 0.6) is 0 Å². The van der Waals surface area contributed by atoms with E-state index in [1.807, 2.05) is 24.4 Å². The van der Waals surface area contributed by atoms with Gasteiger partial charge in [-0.05, 0) is 63.0 Å². The standard InChI is InChI=1S/C21H30ClN5O/c1-2-23-21(24-11-10-17-8-9-20(22)25-15-17)26-16-18(19-7-6-14-28-19)27-12-4-3-5-13-27/h6-9,14-15,18H,2-5,10-13,16H2,1H3,(H2,23,24,26). The van der Waals surface area contributed by atoms with Crippen molar-refractivity contribution in [2.45, 2.75) is 38.6 Å². The Labute approximate surface area is 172 Å². The van der Waals surface area contributed by atoms with Gasteiger partial charge in [0.1, 0.15) is 10.9 Å². The van der Waals surface area contributed by atoms with Crippen molar-refractivity contribution in [1.29, 1.82) is 0 Å². The van der Waals surface area contributed by atoms with E-state index in [0.29, 0.717) is 11.7 Å². The molecule has 0 bridgehead atoms. The topological polar surface area (TPSA) is 65.7 Å². The molecule has 1 saturated heterocycles. The second-order valence-electron chi connectivity index (χ2n) is 7.01. The SMILES string of the molecule is CCNC(=NCC(c1ccco1)N1CCCCC1)NCCc1ccc(Cl)nc1. The second-order valence-corrected chi connectivity index (χ2v) is 7.40. The number of aliphatic imine (C=N–C) groups is 1. The molecule has 1 unspecified atom stereocenters. The quantitative estimate of drug-likeness (QED) is 0.400. The average Bonchev–Trinajstić information content (AvgIpc) is 3.25. The molecule has 0 spiro atoms. The molecule has 1 aliphatic heterocycles. The van der Waals surface area contributed by atoms with Gasteiger partial charge in [0.25, 0.3) is 0 Å². The van der Waals surface area contributed by atoms with E-state index in [1.54, 1.807) is 6.26 Å². The molecule has 7 heteroatoms. The molecule has 2 N–H and O–H groups in total. The molecule has 152 valence electrons. The number of piperidine rings is 1. The molecular formula is C21H30ClN5O. The van der Waals surface area contributed by atoms with Crippen molar-refractivity contribution < 1.29 is 4.42 Å². The minimum Gasteiger partial charge on any atom is -0.468 e. The van der Waals surface area contributed by atoms with Gasteiger partial charge >= 0.3 is 0 Å². The highest BCUT2D eigenvalue weighted by atomic mass is 35.5. The number of hydrogen-bond acceptors (Lipinski definition) is 4. The molecule has 1 aliphatic rings. The van der Waals surface area contributed by atoms with Crippen LogP contribution in [-0.2, 0) is 6.42 Å². The summed E-state index contributed by atoms with van der Waals surface area (Å²) in [6.07, 6.45) is 8.23. The van der Waals surface area contributed by atoms with E-state index < -0.39 is 0 Å². The molecule has 1 atom stereocenters. The van der Waals surface area contributed by atoms with Crippen molar-refractivity contribution in [1.82, 2.24) is 20.5 Å². The Morgan fingerprint density at radius 3 is 2.79 bits per heavy atom. The number of halogens is 1. The van der Waals surface area contributed by atoms with Gasteiger partial charge in [0.05, 0.1) is 18.8 Å². The Bertz CT molecular complexity index is 711. The van der Waals surface area contributed by atoms with Gasteiger partial charge in [0, 0.05) is 19.3 Å². The van der Waals surface area contributed by atoms with Gasteiger partial charge in [-0.25, -0.2) is 4.98 Å². The molecule has 0 amide bonds. The van der Waals surface area contributed by atoms with E-state index in [1.165, 1.54) is 19.3 Å². The molecule has 3 rings (SSSR count). The van der Waals surface area contributed by atoms with Crippen LogP contribution in [-0.4, -0.2) is 48.6 Å². The predicted octanol–water partition coefficient (Wildman–Crippen LogP) is 3.65. The normalized spacial score (nSPS) is 16.7. The first kappa shape index (κ1) is 20.7. The molecule has 1 fully saturated rings. The first-order chi connectivity index (χ1) is 13.8. The summed E-state index contributed by atoms with van der Waals surface area (Å²) in [5, 5.41) is 7.27. The molecule has 2 aromatic rings. The zero-order valence-corrected chi connectivity index (χ0v) is 17.3. The van der Waals surface area contributed by atoms with Gasteiger partial charge in [-0.2, -0.15) is 0 Å². The Kier molecular flexibility index (Phi) is 8.18. The molecule has 0 aromatic carbocycles. The number of furan rings is 1. The Morgan fingerprint density at radius 1 is 1.25 bits per heavy atom. The summed E-state index contributed by atoms with van der Waals surface area (Å²) >= 11 is 5.85. The van der Waals surface area contributed by atoms with E-state index in [4.69, 9.17) is 21.0 Å². The minimum absolute atomic E-state index is 0.186. The van der Waals surface area contributed by atoms with E-state index in [-0.39, 0.29) is 6.04 Å². The first-order valence-corrected chi connectivity index (χ1v) is 10.5. The summed E-state index contributed by atoms with van der Waals surface area (Å²) in [4.78, 5) is 11.5. The van der Waals surface area contributed by atoms with Gasteiger partial charge in [-0.15, -0.1) is 0 Å². The zero-order chi connectivity index (χ0) is 19.6. The average molecular weight is 404 g/mol. The smallest absolute Gasteiger partial charge is 0.191 e. The van der Waals surface area contributed by atoms with Crippen LogP contribution in [0, 0.1) is 0 Å².